The Hall–Kier alpha value is -1.66. The second-order valence-electron chi connectivity index (χ2n) is 3.80. The first-order chi connectivity index (χ1) is 8.10. The molecule has 0 bridgehead atoms. The Morgan fingerprint density at radius 3 is 2.82 bits per heavy atom. The Morgan fingerprint density at radius 2 is 2.35 bits per heavy atom. The van der Waals surface area contributed by atoms with E-state index in [-0.39, 0.29) is 11.9 Å². The zero-order chi connectivity index (χ0) is 12.8. The van der Waals surface area contributed by atoms with Crippen LogP contribution in [0.2, 0.25) is 0 Å². The fraction of sp³-hybridized carbons (Fsp3) is 0.455. The molecule has 94 valence electrons. The van der Waals surface area contributed by atoms with E-state index in [9.17, 15) is 4.79 Å². The Balaban J connectivity index is 2.74. The van der Waals surface area contributed by atoms with E-state index in [0.29, 0.717) is 18.0 Å². The van der Waals surface area contributed by atoms with Crippen LogP contribution < -0.4 is 11.3 Å². The van der Waals surface area contributed by atoms with Crippen molar-refractivity contribution in [1.29, 1.82) is 0 Å². The number of hydrogen-bond donors (Lipinski definition) is 2. The summed E-state index contributed by atoms with van der Waals surface area (Å²) in [6.45, 7) is 2.42. The number of nitrogens with one attached hydrogen (secondary N) is 1. The Kier molecular flexibility index (Phi) is 4.86. The minimum absolute atomic E-state index is 0.0137. The molecule has 0 saturated heterocycles. The van der Waals surface area contributed by atoms with Crippen LogP contribution in [-0.2, 0) is 4.74 Å². The van der Waals surface area contributed by atoms with Gasteiger partial charge in [-0.25, -0.2) is 10.8 Å². The van der Waals surface area contributed by atoms with E-state index in [2.05, 4.69) is 10.4 Å². The number of nitrogens with zero attached hydrogens (tertiary/aromatic N) is 2. The summed E-state index contributed by atoms with van der Waals surface area (Å²) in [6, 6.07) is 3.35. The molecule has 1 amide bonds. The Labute approximate surface area is 101 Å². The number of carbonyl (C=O) groups is 1. The molecule has 1 atom stereocenters. The predicted octanol–water partition coefficient (Wildman–Crippen LogP) is 0.474. The van der Waals surface area contributed by atoms with Gasteiger partial charge in [-0.05, 0) is 19.1 Å². The summed E-state index contributed by atoms with van der Waals surface area (Å²) in [6.07, 6.45) is 1.49. The smallest absolute Gasteiger partial charge is 0.255 e. The van der Waals surface area contributed by atoms with Crippen LogP contribution >= 0.6 is 0 Å². The number of carbonyl (C=O) groups excluding carboxylic acids is 1. The number of anilines is 1. The van der Waals surface area contributed by atoms with Gasteiger partial charge in [0.2, 0.25) is 0 Å². The summed E-state index contributed by atoms with van der Waals surface area (Å²) in [5.41, 5.74) is 2.93. The van der Waals surface area contributed by atoms with Crippen molar-refractivity contribution in [3.8, 4) is 0 Å². The summed E-state index contributed by atoms with van der Waals surface area (Å²) in [5, 5.41) is 0. The van der Waals surface area contributed by atoms with E-state index in [1.165, 1.54) is 6.20 Å². The summed E-state index contributed by atoms with van der Waals surface area (Å²) in [7, 11) is 3.35. The number of likely N-dealkylation sites (N-methyl/N-ethyl adjacent to an activating group) is 1. The van der Waals surface area contributed by atoms with Crippen LogP contribution in [0.25, 0.3) is 0 Å². The van der Waals surface area contributed by atoms with Crippen molar-refractivity contribution in [2.24, 2.45) is 5.84 Å². The molecular weight excluding hydrogens is 220 g/mol. The maximum Gasteiger partial charge on any atom is 0.255 e. The molecule has 1 aromatic heterocycles. The van der Waals surface area contributed by atoms with Crippen LogP contribution in [-0.4, -0.2) is 42.6 Å². The number of hydrazine groups is 1. The number of methoxy groups -OCH3 is 1. The molecule has 3 N–H and O–H groups in total. The number of hydrogen-bond acceptors (Lipinski definition) is 5. The molecule has 17 heavy (non-hydrogen) atoms. The summed E-state index contributed by atoms with van der Waals surface area (Å²) in [5.74, 6) is 5.63. The number of amides is 1. The van der Waals surface area contributed by atoms with Gasteiger partial charge in [-0.1, -0.05) is 0 Å². The summed E-state index contributed by atoms with van der Waals surface area (Å²) in [4.78, 5) is 17.7. The lowest BCUT2D eigenvalue weighted by molar-refractivity contribution is 0.0633. The van der Waals surface area contributed by atoms with Gasteiger partial charge in [-0.3, -0.25) is 4.79 Å². The third-order valence-electron chi connectivity index (χ3n) is 2.55. The molecule has 0 fully saturated rings. The number of rotatable bonds is 5. The molecule has 0 spiro atoms. The topological polar surface area (TPSA) is 80.5 Å². The normalized spacial score (nSPS) is 12.0. The van der Waals surface area contributed by atoms with Gasteiger partial charge < -0.3 is 15.1 Å². The number of aromatic nitrogens is 1. The highest BCUT2D eigenvalue weighted by Gasteiger charge is 2.17. The number of ether oxygens (including phenoxy) is 1. The third-order valence-corrected chi connectivity index (χ3v) is 2.55. The third kappa shape index (κ3) is 3.40. The largest absolute Gasteiger partial charge is 0.383 e. The number of nitrogens with two attached hydrogens (primary N) is 1. The highest BCUT2D eigenvalue weighted by molar-refractivity contribution is 5.94. The van der Waals surface area contributed by atoms with Gasteiger partial charge in [0.25, 0.3) is 5.91 Å². The maximum atomic E-state index is 12.0. The van der Waals surface area contributed by atoms with E-state index < -0.39 is 0 Å². The van der Waals surface area contributed by atoms with Crippen LogP contribution in [0.5, 0.6) is 0 Å². The van der Waals surface area contributed by atoms with Crippen LogP contribution in [0, 0.1) is 0 Å². The fourth-order valence-corrected chi connectivity index (χ4v) is 1.36. The number of nitrogen functional groups attached to an aromatic ring is 1. The van der Waals surface area contributed by atoms with E-state index >= 15 is 0 Å². The molecule has 1 rings (SSSR count). The van der Waals surface area contributed by atoms with E-state index in [1.54, 1.807) is 31.2 Å². The lowest BCUT2D eigenvalue weighted by Crippen LogP contribution is -2.37. The molecule has 6 nitrogen and oxygen atoms in total. The molecule has 0 aliphatic rings. The van der Waals surface area contributed by atoms with Crippen LogP contribution in [0.1, 0.15) is 17.3 Å². The van der Waals surface area contributed by atoms with E-state index in [0.717, 1.165) is 0 Å². The van der Waals surface area contributed by atoms with Gasteiger partial charge >= 0.3 is 0 Å². The van der Waals surface area contributed by atoms with Crippen molar-refractivity contribution in [3.05, 3.63) is 23.9 Å². The minimum atomic E-state index is -0.0920. The van der Waals surface area contributed by atoms with Crippen LogP contribution in [0.4, 0.5) is 5.82 Å². The maximum absolute atomic E-state index is 12.0. The molecule has 0 aromatic carbocycles. The van der Waals surface area contributed by atoms with Crippen LogP contribution in [0.3, 0.4) is 0 Å². The van der Waals surface area contributed by atoms with Gasteiger partial charge in [-0.15, -0.1) is 0 Å². The second kappa shape index (κ2) is 6.17. The first-order valence-corrected chi connectivity index (χ1v) is 5.29. The van der Waals surface area contributed by atoms with Gasteiger partial charge in [-0.2, -0.15) is 0 Å². The lowest BCUT2D eigenvalue weighted by Gasteiger charge is -2.24. The first kappa shape index (κ1) is 13.4. The van der Waals surface area contributed by atoms with Crippen molar-refractivity contribution >= 4 is 11.7 Å². The van der Waals surface area contributed by atoms with E-state index in [1.807, 2.05) is 6.92 Å². The molecule has 1 heterocycles. The van der Waals surface area contributed by atoms with Crippen LogP contribution in [0.15, 0.2) is 18.3 Å². The standard InChI is InChI=1S/C11H18N4O2/c1-8(7-17-3)15(2)11(16)9-4-5-10(14-12)13-6-9/h4-6,8H,7,12H2,1-3H3,(H,13,14). The van der Waals surface area contributed by atoms with E-state index in [4.69, 9.17) is 10.6 Å². The summed E-state index contributed by atoms with van der Waals surface area (Å²) < 4.78 is 5.01. The molecule has 0 aliphatic carbocycles. The molecule has 0 aliphatic heterocycles. The highest BCUT2D eigenvalue weighted by Crippen LogP contribution is 2.08. The molecule has 1 aromatic rings. The van der Waals surface area contributed by atoms with Gasteiger partial charge in [0.05, 0.1) is 18.2 Å². The number of pyridine rings is 1. The first-order valence-electron chi connectivity index (χ1n) is 5.29. The molecule has 6 heteroatoms. The average molecular weight is 238 g/mol. The average Bonchev–Trinajstić information content (AvgIpc) is 2.37. The minimum Gasteiger partial charge on any atom is -0.383 e. The van der Waals surface area contributed by atoms with Crippen molar-refractivity contribution in [2.75, 3.05) is 26.2 Å². The Morgan fingerprint density at radius 1 is 1.65 bits per heavy atom. The zero-order valence-corrected chi connectivity index (χ0v) is 10.3. The zero-order valence-electron chi connectivity index (χ0n) is 10.3. The summed E-state index contributed by atoms with van der Waals surface area (Å²) >= 11 is 0. The lowest BCUT2D eigenvalue weighted by atomic mass is 10.2. The fourth-order valence-electron chi connectivity index (χ4n) is 1.36. The van der Waals surface area contributed by atoms with Gasteiger partial charge in [0, 0.05) is 20.4 Å². The van der Waals surface area contributed by atoms with Gasteiger partial charge in [0.1, 0.15) is 5.82 Å². The molecular formula is C11H18N4O2. The molecule has 0 saturated carbocycles. The van der Waals surface area contributed by atoms with Crippen molar-refractivity contribution < 1.29 is 9.53 Å². The quantitative estimate of drug-likeness (QED) is 0.576. The highest BCUT2D eigenvalue weighted by atomic mass is 16.5. The molecule has 0 radical (unpaired) electrons. The predicted molar refractivity (Wildman–Crippen MR) is 65.5 cm³/mol. The SMILES string of the molecule is COCC(C)N(C)C(=O)c1ccc(NN)nc1. The van der Waals surface area contributed by atoms with Crippen molar-refractivity contribution in [1.82, 2.24) is 9.88 Å². The Bertz CT molecular complexity index is 366. The second-order valence-corrected chi connectivity index (χ2v) is 3.80. The monoisotopic (exact) mass is 238 g/mol. The van der Waals surface area contributed by atoms with Gasteiger partial charge in [0.15, 0.2) is 0 Å². The molecule has 1 unspecified atom stereocenters. The van der Waals surface area contributed by atoms with Crippen molar-refractivity contribution in [3.63, 3.8) is 0 Å². The van der Waals surface area contributed by atoms with Crippen molar-refractivity contribution in [2.45, 2.75) is 13.0 Å².